The second kappa shape index (κ2) is 1.82. The van der Waals surface area contributed by atoms with Gasteiger partial charge in [0.2, 0.25) is 0 Å². The summed E-state index contributed by atoms with van der Waals surface area (Å²) in [7, 11) is 1.72. The van der Waals surface area contributed by atoms with Gasteiger partial charge in [-0.15, -0.1) is 0 Å². The highest BCUT2D eigenvalue weighted by atomic mass is 16.3. The first-order valence-corrected chi connectivity index (χ1v) is 2.42. The van der Waals surface area contributed by atoms with Crippen LogP contribution in [0.25, 0.3) is 0 Å². The van der Waals surface area contributed by atoms with Gasteiger partial charge in [0.15, 0.2) is 6.20 Å². The fraction of sp³-hybridized carbons (Fsp3) is 0.167. The van der Waals surface area contributed by atoms with Gasteiger partial charge in [-0.05, 0) is 6.07 Å². The van der Waals surface area contributed by atoms with Gasteiger partial charge in [0.05, 0.1) is 6.07 Å². The van der Waals surface area contributed by atoms with Gasteiger partial charge in [0.25, 0.3) is 0 Å². The van der Waals surface area contributed by atoms with Gasteiger partial charge < -0.3 is 0 Å². The van der Waals surface area contributed by atoms with Crippen molar-refractivity contribution >= 4 is 0 Å². The molecule has 1 aromatic rings. The Balaban J connectivity index is 3.13. The summed E-state index contributed by atoms with van der Waals surface area (Å²) >= 11 is 0. The van der Waals surface area contributed by atoms with E-state index in [-0.39, 0.29) is 5.88 Å². The van der Waals surface area contributed by atoms with Crippen molar-refractivity contribution in [3.05, 3.63) is 24.4 Å². The summed E-state index contributed by atoms with van der Waals surface area (Å²) in [6.45, 7) is 0. The molecule has 0 fully saturated rings. The largest absolute Gasteiger partial charge is 0.411 e. The molecular formula is C6H7NO+. The minimum atomic E-state index is 0.0347. The van der Waals surface area contributed by atoms with Crippen molar-refractivity contribution in [3.8, 4) is 5.88 Å². The van der Waals surface area contributed by atoms with Gasteiger partial charge in [-0.25, -0.2) is 5.11 Å². The molecule has 1 rings (SSSR count). The van der Waals surface area contributed by atoms with Crippen LogP contribution >= 0.6 is 0 Å². The van der Waals surface area contributed by atoms with E-state index in [2.05, 4.69) is 0 Å². The topological polar surface area (TPSA) is 23.8 Å². The summed E-state index contributed by atoms with van der Waals surface area (Å²) in [5.74, 6) is 0.0347. The molecule has 0 aliphatic rings. The predicted octanol–water partition coefficient (Wildman–Crippen LogP) is 0.655. The van der Waals surface area contributed by atoms with Crippen LogP contribution in [0.5, 0.6) is 5.88 Å². The number of rotatable bonds is 0. The first-order valence-electron chi connectivity index (χ1n) is 2.42. The average molecular weight is 109 g/mol. The zero-order chi connectivity index (χ0) is 5.98. The molecule has 0 saturated carbocycles. The second-order valence-corrected chi connectivity index (χ2v) is 1.65. The highest BCUT2D eigenvalue weighted by Crippen LogP contribution is 1.95. The minimum absolute atomic E-state index is 0.0347. The molecule has 8 heavy (non-hydrogen) atoms. The van der Waals surface area contributed by atoms with Crippen molar-refractivity contribution in [1.82, 2.24) is 0 Å². The van der Waals surface area contributed by atoms with E-state index >= 15 is 0 Å². The van der Waals surface area contributed by atoms with E-state index in [0.29, 0.717) is 0 Å². The van der Waals surface area contributed by atoms with Crippen LogP contribution in [0.1, 0.15) is 0 Å². The quantitative estimate of drug-likeness (QED) is 0.437. The fourth-order valence-electron chi connectivity index (χ4n) is 0.508. The maximum atomic E-state index is 10.6. The number of nitrogens with zero attached hydrogens (tertiary/aromatic N) is 1. The Hall–Kier alpha value is -1.05. The number of hydrogen-bond donors (Lipinski definition) is 0. The maximum absolute atomic E-state index is 10.6. The monoisotopic (exact) mass is 109 g/mol. The molecule has 1 heterocycles. The number of hydrogen-bond acceptors (Lipinski definition) is 0. The normalized spacial score (nSPS) is 9.12. The molecule has 0 spiro atoms. The third-order valence-electron chi connectivity index (χ3n) is 1.01. The van der Waals surface area contributed by atoms with Crippen LogP contribution in [0, 0.1) is 0 Å². The fourth-order valence-corrected chi connectivity index (χ4v) is 0.508. The Morgan fingerprint density at radius 2 is 2.25 bits per heavy atom. The number of aryl methyl sites for hydroxylation is 1. The zero-order valence-corrected chi connectivity index (χ0v) is 4.66. The van der Waals surface area contributed by atoms with Crippen molar-refractivity contribution in [3.63, 3.8) is 0 Å². The molecule has 2 nitrogen and oxygen atoms in total. The molecule has 41 valence electrons. The van der Waals surface area contributed by atoms with Crippen molar-refractivity contribution in [2.24, 2.45) is 7.05 Å². The molecule has 2 heteroatoms. The molecule has 1 aromatic heterocycles. The maximum Gasteiger partial charge on any atom is 0.411 e. The average Bonchev–Trinajstić information content (AvgIpc) is 1.77. The molecule has 0 aliphatic carbocycles. The molecule has 0 aliphatic heterocycles. The Labute approximate surface area is 48.0 Å². The lowest BCUT2D eigenvalue weighted by Gasteiger charge is -1.82. The van der Waals surface area contributed by atoms with Crippen LogP contribution in [-0.2, 0) is 12.2 Å². The van der Waals surface area contributed by atoms with Gasteiger partial charge in [-0.3, -0.25) is 0 Å². The smallest absolute Gasteiger partial charge is 0.215 e. The molecule has 0 amide bonds. The van der Waals surface area contributed by atoms with Gasteiger partial charge in [-0.2, -0.15) is 4.57 Å². The van der Waals surface area contributed by atoms with E-state index in [1.807, 2.05) is 6.07 Å². The van der Waals surface area contributed by atoms with Crippen LogP contribution in [0.15, 0.2) is 24.4 Å². The Bertz CT molecular complexity index is 165. The molecule has 0 saturated heterocycles. The first kappa shape index (κ1) is 5.09. The van der Waals surface area contributed by atoms with Gasteiger partial charge in [0, 0.05) is 6.07 Å². The second-order valence-electron chi connectivity index (χ2n) is 1.65. The predicted molar refractivity (Wildman–Crippen MR) is 27.8 cm³/mol. The standard InChI is InChI=1S/C6H7NO/c1-7-5-3-2-4-6(7)8/h2-5H,1H3/q+1. The van der Waals surface area contributed by atoms with Crippen molar-refractivity contribution in [2.45, 2.75) is 0 Å². The number of aromatic nitrogens is 1. The zero-order valence-electron chi connectivity index (χ0n) is 4.66. The summed E-state index contributed by atoms with van der Waals surface area (Å²) in [5.41, 5.74) is 0. The summed E-state index contributed by atoms with van der Waals surface area (Å²) in [6, 6.07) is 5.07. The van der Waals surface area contributed by atoms with Gasteiger partial charge >= 0.3 is 5.88 Å². The Morgan fingerprint density at radius 1 is 1.50 bits per heavy atom. The molecule has 0 bridgehead atoms. The van der Waals surface area contributed by atoms with E-state index in [1.165, 1.54) is 10.6 Å². The molecule has 0 aromatic carbocycles. The van der Waals surface area contributed by atoms with E-state index in [4.69, 9.17) is 0 Å². The highest BCUT2D eigenvalue weighted by molar-refractivity contribution is 4.99. The Morgan fingerprint density at radius 3 is 2.62 bits per heavy atom. The van der Waals surface area contributed by atoms with Crippen LogP contribution in [-0.4, -0.2) is 0 Å². The van der Waals surface area contributed by atoms with Gasteiger partial charge in [0.1, 0.15) is 7.05 Å². The van der Waals surface area contributed by atoms with Crippen LogP contribution < -0.4 is 4.57 Å². The van der Waals surface area contributed by atoms with Crippen molar-refractivity contribution in [1.29, 1.82) is 0 Å². The third kappa shape index (κ3) is 0.780. The minimum Gasteiger partial charge on any atom is -0.215 e. The summed E-state index contributed by atoms with van der Waals surface area (Å²) in [4.78, 5) is 0. The van der Waals surface area contributed by atoms with Crippen LogP contribution in [0.3, 0.4) is 0 Å². The van der Waals surface area contributed by atoms with Crippen LogP contribution in [0.2, 0.25) is 0 Å². The third-order valence-corrected chi connectivity index (χ3v) is 1.01. The molecule has 1 radical (unpaired) electrons. The SMILES string of the molecule is C[n+]1ccccc1[O]. The van der Waals surface area contributed by atoms with E-state index in [0.717, 1.165) is 0 Å². The molecule has 0 atom stereocenters. The lowest BCUT2D eigenvalue weighted by Crippen LogP contribution is -2.25. The summed E-state index contributed by atoms with van der Waals surface area (Å²) in [6.07, 6.45) is 1.72. The Kier molecular flexibility index (Phi) is 1.16. The van der Waals surface area contributed by atoms with Crippen molar-refractivity contribution in [2.75, 3.05) is 0 Å². The van der Waals surface area contributed by atoms with E-state index in [1.54, 1.807) is 19.3 Å². The lowest BCUT2D eigenvalue weighted by molar-refractivity contribution is -0.680. The lowest BCUT2D eigenvalue weighted by atomic mass is 10.5. The van der Waals surface area contributed by atoms with Gasteiger partial charge in [-0.1, -0.05) is 0 Å². The highest BCUT2D eigenvalue weighted by Gasteiger charge is 1.98. The molecule has 0 unspecified atom stereocenters. The summed E-state index contributed by atoms with van der Waals surface area (Å²) in [5, 5.41) is 10.6. The van der Waals surface area contributed by atoms with E-state index < -0.39 is 0 Å². The molecule has 0 N–H and O–H groups in total. The molecular weight excluding hydrogens is 102 g/mol. The van der Waals surface area contributed by atoms with E-state index in [9.17, 15) is 5.11 Å². The first-order chi connectivity index (χ1) is 3.80. The number of pyridine rings is 1. The van der Waals surface area contributed by atoms with Crippen molar-refractivity contribution < 1.29 is 9.67 Å². The van der Waals surface area contributed by atoms with Crippen LogP contribution in [0.4, 0.5) is 0 Å². The summed E-state index contributed by atoms with van der Waals surface area (Å²) < 4.78 is 1.53.